The fourth-order valence-electron chi connectivity index (χ4n) is 1.16. The van der Waals surface area contributed by atoms with Crippen molar-refractivity contribution < 1.29 is 13.2 Å². The molecule has 2 rings (SSSR count). The molecule has 1 N–H and O–H groups in total. The largest absolute Gasteiger partial charge is 0.487 e. The molecule has 0 radical (unpaired) electrons. The summed E-state index contributed by atoms with van der Waals surface area (Å²) in [6.07, 6.45) is 4.91. The predicted octanol–water partition coefficient (Wildman–Crippen LogP) is 1.60. The Morgan fingerprint density at radius 2 is 2.25 bits per heavy atom. The molecule has 88 valence electrons. The summed E-state index contributed by atoms with van der Waals surface area (Å²) in [5.74, 6) is 0.494. The fourth-order valence-corrected chi connectivity index (χ4v) is 2.17. The van der Waals surface area contributed by atoms with E-state index in [9.17, 15) is 8.42 Å². The predicted molar refractivity (Wildman–Crippen MR) is 69.1 cm³/mol. The lowest BCUT2D eigenvalue weighted by Gasteiger charge is -2.11. The Kier molecular flexibility index (Phi) is 3.24. The summed E-state index contributed by atoms with van der Waals surface area (Å²) >= 11 is 2.02. The number of hydrogen-bond acceptors (Lipinski definition) is 4. The Labute approximate surface area is 108 Å². The van der Waals surface area contributed by atoms with E-state index in [0.29, 0.717) is 15.1 Å². The van der Waals surface area contributed by atoms with Gasteiger partial charge in [0.25, 0.3) is 0 Å². The van der Waals surface area contributed by atoms with Crippen LogP contribution in [0, 0.1) is 3.70 Å². The van der Waals surface area contributed by atoms with Crippen LogP contribution in [0.4, 0.5) is 5.69 Å². The van der Waals surface area contributed by atoms with Crippen LogP contribution < -0.4 is 9.46 Å². The monoisotopic (exact) mass is 354 g/mol. The van der Waals surface area contributed by atoms with Gasteiger partial charge in [0, 0.05) is 0 Å². The van der Waals surface area contributed by atoms with Gasteiger partial charge in [-0.15, -0.1) is 0 Å². The average molecular weight is 354 g/mol. The standard InChI is InChI=1S/C9H11IN2O3S/c1-16(13,14)12-7-4-9(10)11-5-8(7)15-6-2-3-6/h4-6H,2-3H2,1H3,(H,11,12). The number of nitrogens with zero attached hydrogens (tertiary/aromatic N) is 1. The average Bonchev–Trinajstić information content (AvgIpc) is 2.91. The quantitative estimate of drug-likeness (QED) is 0.659. The van der Waals surface area contributed by atoms with Crippen LogP contribution in [0.1, 0.15) is 12.8 Å². The molecule has 0 unspecified atom stereocenters. The van der Waals surface area contributed by atoms with Crippen LogP contribution in [0.15, 0.2) is 12.3 Å². The first kappa shape index (κ1) is 11.9. The number of nitrogens with one attached hydrogen (secondary N) is 1. The normalized spacial score (nSPS) is 15.9. The summed E-state index contributed by atoms with van der Waals surface area (Å²) in [5, 5.41) is 0. The van der Waals surface area contributed by atoms with E-state index in [1.807, 2.05) is 22.6 Å². The van der Waals surface area contributed by atoms with E-state index in [4.69, 9.17) is 4.74 Å². The second-order valence-electron chi connectivity index (χ2n) is 3.69. The molecule has 0 atom stereocenters. The summed E-state index contributed by atoms with van der Waals surface area (Å²) in [6.45, 7) is 0. The van der Waals surface area contributed by atoms with Crippen molar-refractivity contribution >= 4 is 38.3 Å². The second kappa shape index (κ2) is 4.36. The van der Waals surface area contributed by atoms with E-state index < -0.39 is 10.0 Å². The Morgan fingerprint density at radius 3 is 2.81 bits per heavy atom. The fraction of sp³-hybridized carbons (Fsp3) is 0.444. The van der Waals surface area contributed by atoms with Crippen LogP contribution in [0.3, 0.4) is 0 Å². The van der Waals surface area contributed by atoms with Gasteiger partial charge in [0.1, 0.15) is 3.70 Å². The van der Waals surface area contributed by atoms with E-state index >= 15 is 0 Å². The number of aromatic nitrogens is 1. The second-order valence-corrected chi connectivity index (χ2v) is 6.55. The van der Waals surface area contributed by atoms with Crippen LogP contribution >= 0.6 is 22.6 Å². The smallest absolute Gasteiger partial charge is 0.229 e. The zero-order valence-corrected chi connectivity index (χ0v) is 11.6. The zero-order chi connectivity index (χ0) is 11.8. The molecule has 16 heavy (non-hydrogen) atoms. The number of rotatable bonds is 4. The first-order valence-corrected chi connectivity index (χ1v) is 7.71. The summed E-state index contributed by atoms with van der Waals surface area (Å²) < 4.78 is 31.1. The van der Waals surface area contributed by atoms with Gasteiger partial charge in [0.05, 0.1) is 24.2 Å². The maximum Gasteiger partial charge on any atom is 0.229 e. The van der Waals surface area contributed by atoms with E-state index in [-0.39, 0.29) is 6.10 Å². The zero-order valence-electron chi connectivity index (χ0n) is 8.60. The minimum absolute atomic E-state index is 0.210. The summed E-state index contributed by atoms with van der Waals surface area (Å²) in [5.41, 5.74) is 0.453. The lowest BCUT2D eigenvalue weighted by Crippen LogP contribution is -2.12. The van der Waals surface area contributed by atoms with Gasteiger partial charge in [0.2, 0.25) is 10.0 Å². The van der Waals surface area contributed by atoms with Crippen LogP contribution in [0.5, 0.6) is 5.75 Å². The topological polar surface area (TPSA) is 68.3 Å². The molecule has 0 amide bonds. The maximum absolute atomic E-state index is 11.2. The van der Waals surface area contributed by atoms with Gasteiger partial charge in [-0.3, -0.25) is 4.72 Å². The van der Waals surface area contributed by atoms with Crippen molar-refractivity contribution in [3.05, 3.63) is 16.0 Å². The molecule has 0 aromatic carbocycles. The molecule has 1 saturated carbocycles. The van der Waals surface area contributed by atoms with Crippen molar-refractivity contribution in [3.8, 4) is 5.75 Å². The van der Waals surface area contributed by atoms with Gasteiger partial charge in [-0.05, 0) is 41.5 Å². The van der Waals surface area contributed by atoms with E-state index in [0.717, 1.165) is 19.1 Å². The third-order valence-corrected chi connectivity index (χ3v) is 3.13. The molecule has 1 heterocycles. The van der Waals surface area contributed by atoms with E-state index in [1.165, 1.54) is 0 Å². The molecule has 1 aromatic rings. The molecule has 0 aliphatic heterocycles. The highest BCUT2D eigenvalue weighted by Gasteiger charge is 2.25. The Hall–Kier alpha value is -0.570. The third-order valence-electron chi connectivity index (χ3n) is 1.95. The molecule has 0 saturated heterocycles. The van der Waals surface area contributed by atoms with Crippen molar-refractivity contribution in [2.75, 3.05) is 11.0 Å². The van der Waals surface area contributed by atoms with Gasteiger partial charge in [-0.1, -0.05) is 0 Å². The highest BCUT2D eigenvalue weighted by molar-refractivity contribution is 14.1. The van der Waals surface area contributed by atoms with Gasteiger partial charge in [-0.2, -0.15) is 0 Å². The number of sulfonamides is 1. The van der Waals surface area contributed by atoms with Crippen LogP contribution in [-0.4, -0.2) is 25.8 Å². The highest BCUT2D eigenvalue weighted by atomic mass is 127. The maximum atomic E-state index is 11.2. The van der Waals surface area contributed by atoms with Gasteiger partial charge in [-0.25, -0.2) is 13.4 Å². The van der Waals surface area contributed by atoms with Crippen molar-refractivity contribution in [3.63, 3.8) is 0 Å². The van der Waals surface area contributed by atoms with Crippen molar-refractivity contribution in [1.82, 2.24) is 4.98 Å². The van der Waals surface area contributed by atoms with Crippen LogP contribution in [0.25, 0.3) is 0 Å². The Bertz CT molecular complexity index is 499. The number of anilines is 1. The molecule has 1 fully saturated rings. The lowest BCUT2D eigenvalue weighted by molar-refractivity contribution is 0.303. The number of ether oxygens (including phenoxy) is 1. The molecule has 5 nitrogen and oxygen atoms in total. The molecule has 0 bridgehead atoms. The van der Waals surface area contributed by atoms with Crippen molar-refractivity contribution in [1.29, 1.82) is 0 Å². The third kappa shape index (κ3) is 3.48. The first-order valence-electron chi connectivity index (χ1n) is 4.74. The number of halogens is 1. The molecule has 1 aliphatic carbocycles. The lowest BCUT2D eigenvalue weighted by atomic mass is 10.4. The minimum Gasteiger partial charge on any atom is -0.487 e. The van der Waals surface area contributed by atoms with Crippen molar-refractivity contribution in [2.45, 2.75) is 18.9 Å². The number of pyridine rings is 1. The molecule has 0 spiro atoms. The summed E-state index contributed by atoms with van der Waals surface area (Å²) in [6, 6.07) is 1.65. The Morgan fingerprint density at radius 1 is 1.56 bits per heavy atom. The van der Waals surface area contributed by atoms with Crippen LogP contribution in [-0.2, 0) is 10.0 Å². The van der Waals surface area contributed by atoms with Gasteiger partial charge in [0.15, 0.2) is 5.75 Å². The number of hydrogen-bond donors (Lipinski definition) is 1. The van der Waals surface area contributed by atoms with E-state index in [1.54, 1.807) is 12.3 Å². The summed E-state index contributed by atoms with van der Waals surface area (Å²) in [7, 11) is -3.29. The van der Waals surface area contributed by atoms with Gasteiger partial charge < -0.3 is 4.74 Å². The molecule has 1 aliphatic rings. The van der Waals surface area contributed by atoms with Gasteiger partial charge >= 0.3 is 0 Å². The Balaban J connectivity index is 2.27. The minimum atomic E-state index is -3.29. The molecule has 1 aromatic heterocycles. The van der Waals surface area contributed by atoms with Crippen LogP contribution in [0.2, 0.25) is 0 Å². The highest BCUT2D eigenvalue weighted by Crippen LogP contribution is 2.32. The molecular weight excluding hydrogens is 343 g/mol. The van der Waals surface area contributed by atoms with E-state index in [2.05, 4.69) is 9.71 Å². The molecule has 7 heteroatoms. The van der Waals surface area contributed by atoms with Crippen molar-refractivity contribution in [2.24, 2.45) is 0 Å². The first-order chi connectivity index (χ1) is 7.44. The molecular formula is C9H11IN2O3S. The summed E-state index contributed by atoms with van der Waals surface area (Å²) in [4.78, 5) is 4.08. The SMILES string of the molecule is CS(=O)(=O)Nc1cc(I)ncc1OC1CC1.